The molecule has 0 fully saturated rings. The number of ether oxygens (including phenoxy) is 1. The first kappa shape index (κ1) is 19.0. The molecule has 0 bridgehead atoms. The number of fused-ring (bicyclic) bond motifs is 1. The van der Waals surface area contributed by atoms with Crippen LogP contribution in [0.5, 0.6) is 5.75 Å². The predicted molar refractivity (Wildman–Crippen MR) is 98.2 cm³/mol. The van der Waals surface area contributed by atoms with Crippen molar-refractivity contribution in [3.8, 4) is 5.75 Å². The molecule has 0 unspecified atom stereocenters. The topological polar surface area (TPSA) is 96.5 Å². The summed E-state index contributed by atoms with van der Waals surface area (Å²) in [6, 6.07) is 4.22. The molecule has 0 aliphatic carbocycles. The minimum absolute atomic E-state index is 0.192. The van der Waals surface area contributed by atoms with Crippen molar-refractivity contribution >= 4 is 17.0 Å². The van der Waals surface area contributed by atoms with Crippen LogP contribution in [-0.4, -0.2) is 56.6 Å². The molecule has 3 rings (SSSR count). The number of hydrogen-bond donors (Lipinski definition) is 2. The van der Waals surface area contributed by atoms with Crippen molar-refractivity contribution in [2.75, 3.05) is 25.7 Å². The Balaban J connectivity index is 1.92. The van der Waals surface area contributed by atoms with E-state index in [1.807, 2.05) is 11.9 Å². The highest BCUT2D eigenvalue weighted by Gasteiger charge is 2.21. The summed E-state index contributed by atoms with van der Waals surface area (Å²) in [5.74, 6) is 0.332. The second-order valence-electron chi connectivity index (χ2n) is 6.34. The van der Waals surface area contributed by atoms with Crippen LogP contribution in [0.1, 0.15) is 18.5 Å². The number of hydrogen-bond acceptors (Lipinski definition) is 7. The van der Waals surface area contributed by atoms with E-state index >= 15 is 0 Å². The van der Waals surface area contributed by atoms with Crippen molar-refractivity contribution in [3.63, 3.8) is 0 Å². The lowest BCUT2D eigenvalue weighted by molar-refractivity contribution is 0.0885. The summed E-state index contributed by atoms with van der Waals surface area (Å²) < 4.78 is 20.5. The largest absolute Gasteiger partial charge is 0.494 e. The van der Waals surface area contributed by atoms with E-state index in [4.69, 9.17) is 4.74 Å². The summed E-state index contributed by atoms with van der Waals surface area (Å²) in [4.78, 5) is 14.7. The number of imidazole rings is 1. The van der Waals surface area contributed by atoms with Gasteiger partial charge in [-0.2, -0.15) is 0 Å². The number of aliphatic hydroxyl groups excluding tert-OH is 2. The van der Waals surface area contributed by atoms with Crippen molar-refractivity contribution in [1.82, 2.24) is 19.5 Å². The van der Waals surface area contributed by atoms with Gasteiger partial charge in [-0.1, -0.05) is 6.07 Å². The van der Waals surface area contributed by atoms with Crippen LogP contribution in [-0.2, 0) is 6.54 Å². The maximum Gasteiger partial charge on any atom is 0.165 e. The third kappa shape index (κ3) is 3.69. The van der Waals surface area contributed by atoms with E-state index in [0.29, 0.717) is 23.5 Å². The number of nitrogens with zero attached hydrogens (tertiary/aromatic N) is 5. The SMILES string of the molecule is COc1ccc(CN(C)c2ncnc3c2ncn3[C@H](CO)[C@@H](C)O)cc1F. The lowest BCUT2D eigenvalue weighted by atomic mass is 10.2. The van der Waals surface area contributed by atoms with Gasteiger partial charge in [0.05, 0.1) is 32.2 Å². The zero-order valence-corrected chi connectivity index (χ0v) is 15.4. The predicted octanol–water partition coefficient (Wildman–Crippen LogP) is 1.52. The number of aliphatic hydroxyl groups is 2. The van der Waals surface area contributed by atoms with Crippen molar-refractivity contribution in [1.29, 1.82) is 0 Å². The Hall–Kier alpha value is -2.78. The second kappa shape index (κ2) is 7.85. The Morgan fingerprint density at radius 1 is 1.30 bits per heavy atom. The van der Waals surface area contributed by atoms with Gasteiger partial charge in [-0.05, 0) is 24.6 Å². The Morgan fingerprint density at radius 3 is 2.70 bits per heavy atom. The molecule has 0 radical (unpaired) electrons. The van der Waals surface area contributed by atoms with Gasteiger partial charge in [-0.15, -0.1) is 0 Å². The number of rotatable bonds is 7. The van der Waals surface area contributed by atoms with E-state index in [1.165, 1.54) is 25.8 Å². The maximum atomic E-state index is 13.9. The molecule has 1 aromatic carbocycles. The Labute approximate surface area is 155 Å². The first-order valence-corrected chi connectivity index (χ1v) is 8.46. The van der Waals surface area contributed by atoms with Crippen LogP contribution >= 0.6 is 0 Å². The van der Waals surface area contributed by atoms with Gasteiger partial charge in [-0.3, -0.25) is 0 Å². The maximum absolute atomic E-state index is 13.9. The summed E-state index contributed by atoms with van der Waals surface area (Å²) >= 11 is 0. The minimum Gasteiger partial charge on any atom is -0.494 e. The summed E-state index contributed by atoms with van der Waals surface area (Å²) in [6.45, 7) is 1.75. The summed E-state index contributed by atoms with van der Waals surface area (Å²) in [5, 5.41) is 19.4. The smallest absolute Gasteiger partial charge is 0.165 e. The van der Waals surface area contributed by atoms with E-state index in [-0.39, 0.29) is 12.4 Å². The molecule has 2 atom stereocenters. The number of anilines is 1. The Kier molecular flexibility index (Phi) is 5.52. The van der Waals surface area contributed by atoms with Crippen LogP contribution in [0.25, 0.3) is 11.2 Å². The fourth-order valence-electron chi connectivity index (χ4n) is 2.99. The van der Waals surface area contributed by atoms with E-state index in [1.54, 1.807) is 23.6 Å². The molecular weight excluding hydrogens is 353 g/mol. The fourth-order valence-corrected chi connectivity index (χ4v) is 2.99. The Bertz CT molecular complexity index is 931. The molecule has 2 aromatic heterocycles. The van der Waals surface area contributed by atoms with Crippen LogP contribution < -0.4 is 9.64 Å². The van der Waals surface area contributed by atoms with Crippen LogP contribution in [0.4, 0.5) is 10.2 Å². The number of methoxy groups -OCH3 is 1. The highest BCUT2D eigenvalue weighted by atomic mass is 19.1. The monoisotopic (exact) mass is 375 g/mol. The summed E-state index contributed by atoms with van der Waals surface area (Å²) in [6.07, 6.45) is 2.15. The summed E-state index contributed by atoms with van der Waals surface area (Å²) in [5.41, 5.74) is 1.79. The number of halogens is 1. The molecule has 9 heteroatoms. The normalized spacial score (nSPS) is 13.6. The zero-order valence-electron chi connectivity index (χ0n) is 15.4. The fraction of sp³-hybridized carbons (Fsp3) is 0.389. The van der Waals surface area contributed by atoms with Gasteiger partial charge in [0, 0.05) is 13.6 Å². The van der Waals surface area contributed by atoms with Gasteiger partial charge in [0.25, 0.3) is 0 Å². The van der Waals surface area contributed by atoms with E-state index in [2.05, 4.69) is 15.0 Å². The zero-order chi connectivity index (χ0) is 19.6. The van der Waals surface area contributed by atoms with Gasteiger partial charge in [0.15, 0.2) is 28.5 Å². The average molecular weight is 375 g/mol. The molecule has 0 amide bonds. The number of aromatic nitrogens is 4. The first-order valence-electron chi connectivity index (χ1n) is 8.46. The van der Waals surface area contributed by atoms with Crippen LogP contribution in [0, 0.1) is 5.82 Å². The van der Waals surface area contributed by atoms with Crippen molar-refractivity contribution in [2.24, 2.45) is 0 Å². The van der Waals surface area contributed by atoms with E-state index < -0.39 is 18.0 Å². The molecule has 0 spiro atoms. The third-order valence-corrected chi connectivity index (χ3v) is 4.44. The molecule has 8 nitrogen and oxygen atoms in total. The molecule has 2 heterocycles. The molecule has 0 aliphatic rings. The average Bonchev–Trinajstić information content (AvgIpc) is 3.06. The molecule has 0 aliphatic heterocycles. The lowest BCUT2D eigenvalue weighted by Gasteiger charge is -2.20. The van der Waals surface area contributed by atoms with Gasteiger partial charge < -0.3 is 24.4 Å². The van der Waals surface area contributed by atoms with E-state index in [9.17, 15) is 14.6 Å². The molecule has 27 heavy (non-hydrogen) atoms. The van der Waals surface area contributed by atoms with Crippen molar-refractivity contribution in [2.45, 2.75) is 25.6 Å². The van der Waals surface area contributed by atoms with Crippen molar-refractivity contribution in [3.05, 3.63) is 42.2 Å². The quantitative estimate of drug-likeness (QED) is 0.646. The standard InChI is InChI=1S/C18H22FN5O3/c1-11(26)14(8-25)24-10-22-16-17(20-9-21-18(16)24)23(2)7-12-4-5-15(27-3)13(19)6-12/h4-6,9-11,14,25-26H,7-8H2,1-3H3/t11-,14-/m1/s1. The van der Waals surface area contributed by atoms with Gasteiger partial charge in [0.2, 0.25) is 0 Å². The summed E-state index contributed by atoms with van der Waals surface area (Å²) in [7, 11) is 3.24. The molecular formula is C18H22FN5O3. The van der Waals surface area contributed by atoms with Crippen molar-refractivity contribution < 1.29 is 19.3 Å². The minimum atomic E-state index is -0.772. The molecule has 2 N–H and O–H groups in total. The van der Waals surface area contributed by atoms with Gasteiger partial charge >= 0.3 is 0 Å². The molecule has 0 saturated heterocycles. The highest BCUT2D eigenvalue weighted by molar-refractivity contribution is 5.83. The van der Waals surface area contributed by atoms with Gasteiger partial charge in [-0.25, -0.2) is 19.3 Å². The molecule has 3 aromatic rings. The van der Waals surface area contributed by atoms with Crippen LogP contribution in [0.15, 0.2) is 30.9 Å². The lowest BCUT2D eigenvalue weighted by Crippen LogP contribution is -2.24. The van der Waals surface area contributed by atoms with Crippen LogP contribution in [0.2, 0.25) is 0 Å². The number of benzene rings is 1. The first-order chi connectivity index (χ1) is 13.0. The second-order valence-corrected chi connectivity index (χ2v) is 6.34. The highest BCUT2D eigenvalue weighted by Crippen LogP contribution is 2.26. The molecule has 0 saturated carbocycles. The van der Waals surface area contributed by atoms with Gasteiger partial charge in [0.1, 0.15) is 6.33 Å². The van der Waals surface area contributed by atoms with Crippen LogP contribution in [0.3, 0.4) is 0 Å². The third-order valence-electron chi connectivity index (χ3n) is 4.44. The Morgan fingerprint density at radius 2 is 2.07 bits per heavy atom. The molecule has 144 valence electrons. The van der Waals surface area contributed by atoms with E-state index in [0.717, 1.165) is 5.56 Å².